The monoisotopic (exact) mass is 381 g/mol. The molecule has 0 unspecified atom stereocenters. The topological polar surface area (TPSA) is 4.93 Å². The number of aryl methyl sites for hydroxylation is 1. The van der Waals surface area contributed by atoms with Crippen LogP contribution in [0.2, 0.25) is 0 Å². The molecule has 0 spiro atoms. The summed E-state index contributed by atoms with van der Waals surface area (Å²) in [5.41, 5.74) is 3.42. The molecular weight excluding hydrogens is 364 g/mol. The molecule has 0 aliphatic carbocycles. The van der Waals surface area contributed by atoms with Crippen LogP contribution >= 0.6 is 0 Å². The first-order valence-corrected chi connectivity index (χ1v) is 9.51. The summed E-state index contributed by atoms with van der Waals surface area (Å²) in [6.07, 6.45) is 0. The van der Waals surface area contributed by atoms with Crippen molar-refractivity contribution in [1.29, 1.82) is 0 Å². The van der Waals surface area contributed by atoms with E-state index in [1.54, 1.807) is 6.07 Å². The Morgan fingerprint density at radius 2 is 1.50 bits per heavy atom. The molecule has 4 aromatic rings. The van der Waals surface area contributed by atoms with Crippen LogP contribution in [0.5, 0.6) is 0 Å². The van der Waals surface area contributed by atoms with E-state index in [-0.39, 0.29) is 20.8 Å². The third-order valence-electron chi connectivity index (χ3n) is 4.13. The fourth-order valence-electron chi connectivity index (χ4n) is 3.01. The van der Waals surface area contributed by atoms with Crippen molar-refractivity contribution in [3.8, 4) is 11.3 Å². The van der Waals surface area contributed by atoms with Crippen LogP contribution in [-0.2, 0) is 7.05 Å². The van der Waals surface area contributed by atoms with Gasteiger partial charge in [-0.05, 0) is 0 Å². The quantitative estimate of drug-likeness (QED) is 0.479. The molecule has 0 fully saturated rings. The van der Waals surface area contributed by atoms with E-state index in [9.17, 15) is 4.39 Å². The molecule has 1 heterocycles. The van der Waals surface area contributed by atoms with Crippen LogP contribution in [0.3, 0.4) is 0 Å². The predicted octanol–water partition coefficient (Wildman–Crippen LogP) is 3.64. The van der Waals surface area contributed by atoms with E-state index in [0.29, 0.717) is 0 Å². The molecule has 118 valence electrons. The number of nitrogens with zero attached hydrogens (tertiary/aromatic N) is 1. The maximum absolute atomic E-state index is 13.9. The van der Waals surface area contributed by atoms with Crippen molar-refractivity contribution in [2.24, 2.45) is 7.05 Å². The van der Waals surface area contributed by atoms with Crippen molar-refractivity contribution in [2.45, 2.75) is 0 Å². The van der Waals surface area contributed by atoms with Gasteiger partial charge in [0.15, 0.2) is 0 Å². The predicted molar refractivity (Wildman–Crippen MR) is 99.8 cm³/mol. The zero-order valence-electron chi connectivity index (χ0n) is 13.2. The van der Waals surface area contributed by atoms with Crippen molar-refractivity contribution in [3.63, 3.8) is 0 Å². The van der Waals surface area contributed by atoms with Crippen molar-refractivity contribution >= 4 is 34.8 Å². The van der Waals surface area contributed by atoms with Gasteiger partial charge in [-0.3, -0.25) is 0 Å². The summed E-state index contributed by atoms with van der Waals surface area (Å²) in [5, 5.41) is 1.01. The van der Waals surface area contributed by atoms with Gasteiger partial charge in [0.1, 0.15) is 0 Å². The third kappa shape index (κ3) is 2.66. The maximum atomic E-state index is 13.9. The molecule has 0 aliphatic rings. The van der Waals surface area contributed by atoms with E-state index in [0.717, 1.165) is 10.9 Å². The Bertz CT molecular complexity index is 991. The van der Waals surface area contributed by atoms with E-state index in [1.165, 1.54) is 26.2 Å². The first-order valence-electron chi connectivity index (χ1n) is 7.80. The number of fused-ring (bicyclic) bond motifs is 1. The van der Waals surface area contributed by atoms with E-state index in [4.69, 9.17) is 0 Å². The van der Waals surface area contributed by atoms with Crippen molar-refractivity contribution in [2.75, 3.05) is 0 Å². The zero-order chi connectivity index (χ0) is 16.5. The Hall–Kier alpha value is -2.35. The van der Waals surface area contributed by atoms with E-state index in [2.05, 4.69) is 48.0 Å². The first-order chi connectivity index (χ1) is 11.7. The number of rotatable bonds is 3. The minimum absolute atomic E-state index is 0.111. The summed E-state index contributed by atoms with van der Waals surface area (Å²) in [6.45, 7) is 0. The van der Waals surface area contributed by atoms with Gasteiger partial charge in [0.25, 0.3) is 0 Å². The second-order valence-electron chi connectivity index (χ2n) is 5.68. The van der Waals surface area contributed by atoms with Crippen molar-refractivity contribution in [1.82, 2.24) is 4.57 Å². The molecule has 0 radical (unpaired) electrons. The van der Waals surface area contributed by atoms with Gasteiger partial charge in [-0.25, -0.2) is 0 Å². The molecule has 0 N–H and O–H groups in total. The van der Waals surface area contributed by atoms with Gasteiger partial charge in [-0.2, -0.15) is 0 Å². The van der Waals surface area contributed by atoms with Gasteiger partial charge in [-0.1, -0.05) is 0 Å². The van der Waals surface area contributed by atoms with Crippen LogP contribution in [0.15, 0.2) is 78.9 Å². The van der Waals surface area contributed by atoms with Crippen LogP contribution < -0.4 is 8.92 Å². The second kappa shape index (κ2) is 6.27. The van der Waals surface area contributed by atoms with Crippen LogP contribution in [0.4, 0.5) is 4.39 Å². The van der Waals surface area contributed by atoms with Gasteiger partial charge in [0.2, 0.25) is 0 Å². The number of hydrogen-bond acceptors (Lipinski definition) is 0. The zero-order valence-corrected chi connectivity index (χ0v) is 15.0. The molecule has 3 heteroatoms. The Balaban J connectivity index is 1.99. The molecule has 0 saturated carbocycles. The first kappa shape index (κ1) is 15.2. The Morgan fingerprint density at radius 3 is 2.21 bits per heavy atom. The SMILES string of the molecule is Cn1c(-c2ccccc2)c([Se]c2ccccc2)c2cc(F)ccc21. The minimum atomic E-state index is -0.183. The molecule has 1 aromatic heterocycles. The molecule has 0 saturated heterocycles. The fourth-order valence-corrected chi connectivity index (χ4v) is 5.43. The molecule has 0 aliphatic heterocycles. The number of hydrogen-bond donors (Lipinski definition) is 0. The summed E-state index contributed by atoms with van der Waals surface area (Å²) in [4.78, 5) is 0. The summed E-state index contributed by atoms with van der Waals surface area (Å²) in [5.74, 6) is -0.183. The van der Waals surface area contributed by atoms with E-state index >= 15 is 0 Å². The molecule has 0 atom stereocenters. The summed E-state index contributed by atoms with van der Waals surface area (Å²) >= 11 is 0.111. The standard InChI is InChI=1S/C21H16FNSe/c1-23-19-13-12-16(22)14-18(19)21(24-17-10-6-3-7-11-17)20(23)15-8-4-2-5-9-15/h2-14H,1H3. The molecule has 24 heavy (non-hydrogen) atoms. The van der Waals surface area contributed by atoms with Crippen LogP contribution in [0.25, 0.3) is 22.2 Å². The average Bonchev–Trinajstić information content (AvgIpc) is 2.88. The molecular formula is C21H16FNSe. The average molecular weight is 380 g/mol. The van der Waals surface area contributed by atoms with Gasteiger partial charge in [0.05, 0.1) is 0 Å². The van der Waals surface area contributed by atoms with Gasteiger partial charge in [0, 0.05) is 0 Å². The van der Waals surface area contributed by atoms with Gasteiger partial charge < -0.3 is 0 Å². The Labute approximate surface area is 146 Å². The molecule has 0 bridgehead atoms. The van der Waals surface area contributed by atoms with Crippen molar-refractivity contribution < 1.29 is 4.39 Å². The van der Waals surface area contributed by atoms with Crippen LogP contribution in [0, 0.1) is 5.82 Å². The number of halogens is 1. The van der Waals surface area contributed by atoms with Crippen LogP contribution in [-0.4, -0.2) is 19.5 Å². The summed E-state index contributed by atoms with van der Waals surface area (Å²) < 4.78 is 18.6. The third-order valence-corrected chi connectivity index (χ3v) is 6.49. The summed E-state index contributed by atoms with van der Waals surface area (Å²) in [6, 6.07) is 25.9. The van der Waals surface area contributed by atoms with Gasteiger partial charge in [-0.15, -0.1) is 0 Å². The Kier molecular flexibility index (Phi) is 3.97. The van der Waals surface area contributed by atoms with Gasteiger partial charge >= 0.3 is 147 Å². The summed E-state index contributed by atoms with van der Waals surface area (Å²) in [7, 11) is 2.06. The fraction of sp³-hybridized carbons (Fsp3) is 0.0476. The van der Waals surface area contributed by atoms with Crippen LogP contribution in [0.1, 0.15) is 0 Å². The molecule has 1 nitrogen and oxygen atoms in total. The molecule has 0 amide bonds. The number of benzene rings is 3. The molecule has 3 aromatic carbocycles. The second-order valence-corrected chi connectivity index (χ2v) is 7.95. The van der Waals surface area contributed by atoms with E-state index in [1.807, 2.05) is 30.3 Å². The number of aromatic nitrogens is 1. The van der Waals surface area contributed by atoms with E-state index < -0.39 is 0 Å². The molecule has 4 rings (SSSR count). The normalized spacial score (nSPS) is 11.1. The Morgan fingerprint density at radius 1 is 0.833 bits per heavy atom. The van der Waals surface area contributed by atoms with Crippen molar-refractivity contribution in [3.05, 3.63) is 84.7 Å².